The number of ether oxygens (including phenoxy) is 1. The van der Waals surface area contributed by atoms with Gasteiger partial charge in [0.15, 0.2) is 5.78 Å². The highest BCUT2D eigenvalue weighted by molar-refractivity contribution is 5.97. The SMILES string of the molecule is CC(C)(C)OC(=O)Nc1ccc(C(=O)CCN)c(F)c1. The summed E-state index contributed by atoms with van der Waals surface area (Å²) >= 11 is 0. The molecule has 0 heterocycles. The maximum absolute atomic E-state index is 13.8. The van der Waals surface area contributed by atoms with E-state index in [9.17, 15) is 14.0 Å². The third kappa shape index (κ3) is 4.97. The predicted octanol–water partition coefficient (Wildman–Crippen LogP) is 2.70. The third-order valence-corrected chi connectivity index (χ3v) is 2.29. The summed E-state index contributed by atoms with van der Waals surface area (Å²) in [6, 6.07) is 3.84. The number of anilines is 1. The van der Waals surface area contributed by atoms with Crippen LogP contribution in [0.25, 0.3) is 0 Å². The normalized spacial score (nSPS) is 11.1. The molecule has 20 heavy (non-hydrogen) atoms. The average molecular weight is 282 g/mol. The zero-order valence-electron chi connectivity index (χ0n) is 11.8. The van der Waals surface area contributed by atoms with E-state index in [2.05, 4.69) is 5.32 Å². The van der Waals surface area contributed by atoms with E-state index in [0.29, 0.717) is 0 Å². The average Bonchev–Trinajstić information content (AvgIpc) is 2.26. The van der Waals surface area contributed by atoms with Crippen molar-refractivity contribution in [3.05, 3.63) is 29.6 Å². The Balaban J connectivity index is 2.78. The van der Waals surface area contributed by atoms with Crippen LogP contribution in [0.5, 0.6) is 0 Å². The summed E-state index contributed by atoms with van der Waals surface area (Å²) in [5.41, 5.74) is 4.80. The van der Waals surface area contributed by atoms with Gasteiger partial charge in [-0.25, -0.2) is 9.18 Å². The number of rotatable bonds is 4. The van der Waals surface area contributed by atoms with Crippen molar-refractivity contribution in [2.75, 3.05) is 11.9 Å². The van der Waals surface area contributed by atoms with Gasteiger partial charge in [0.1, 0.15) is 11.4 Å². The first kappa shape index (κ1) is 16.1. The van der Waals surface area contributed by atoms with E-state index in [1.807, 2.05) is 0 Å². The van der Waals surface area contributed by atoms with Crippen LogP contribution >= 0.6 is 0 Å². The monoisotopic (exact) mass is 282 g/mol. The number of carbonyl (C=O) groups excluding carboxylic acids is 2. The molecule has 5 nitrogen and oxygen atoms in total. The van der Waals surface area contributed by atoms with E-state index >= 15 is 0 Å². The smallest absolute Gasteiger partial charge is 0.412 e. The first-order valence-corrected chi connectivity index (χ1v) is 6.26. The Labute approximate surface area is 117 Å². The van der Waals surface area contributed by atoms with Crippen LogP contribution in [-0.2, 0) is 4.74 Å². The quantitative estimate of drug-likeness (QED) is 0.832. The van der Waals surface area contributed by atoms with E-state index in [1.165, 1.54) is 12.1 Å². The molecule has 1 amide bonds. The number of hydrogen-bond donors (Lipinski definition) is 2. The molecule has 3 N–H and O–H groups in total. The van der Waals surface area contributed by atoms with Gasteiger partial charge in [-0.1, -0.05) is 0 Å². The minimum absolute atomic E-state index is 0.0369. The highest BCUT2D eigenvalue weighted by Crippen LogP contribution is 2.17. The first-order chi connectivity index (χ1) is 9.23. The largest absolute Gasteiger partial charge is 0.444 e. The fourth-order valence-corrected chi connectivity index (χ4v) is 1.51. The topological polar surface area (TPSA) is 81.4 Å². The molecule has 0 bridgehead atoms. The summed E-state index contributed by atoms with van der Waals surface area (Å²) in [5.74, 6) is -1.06. The van der Waals surface area contributed by atoms with E-state index in [1.54, 1.807) is 20.8 Å². The van der Waals surface area contributed by atoms with Crippen LogP contribution in [0.4, 0.5) is 14.9 Å². The molecule has 1 aromatic rings. The molecule has 0 fully saturated rings. The molecule has 0 spiro atoms. The molecular formula is C14H19FN2O3. The Kier molecular flexibility index (Phi) is 5.21. The number of carbonyl (C=O) groups is 2. The minimum Gasteiger partial charge on any atom is -0.444 e. The van der Waals surface area contributed by atoms with Gasteiger partial charge in [-0.05, 0) is 45.5 Å². The van der Waals surface area contributed by atoms with Gasteiger partial charge in [0, 0.05) is 12.1 Å². The van der Waals surface area contributed by atoms with Crippen molar-refractivity contribution in [3.63, 3.8) is 0 Å². The Morgan fingerprint density at radius 2 is 2.00 bits per heavy atom. The van der Waals surface area contributed by atoms with E-state index in [-0.39, 0.29) is 30.0 Å². The van der Waals surface area contributed by atoms with Gasteiger partial charge >= 0.3 is 6.09 Å². The van der Waals surface area contributed by atoms with Crippen LogP contribution in [0.15, 0.2) is 18.2 Å². The van der Waals surface area contributed by atoms with Gasteiger partial charge in [-0.15, -0.1) is 0 Å². The molecule has 0 radical (unpaired) electrons. The summed E-state index contributed by atoms with van der Waals surface area (Å²) in [4.78, 5) is 23.1. The Morgan fingerprint density at radius 1 is 1.35 bits per heavy atom. The van der Waals surface area contributed by atoms with Crippen LogP contribution in [0.1, 0.15) is 37.6 Å². The summed E-state index contributed by atoms with van der Waals surface area (Å²) in [5, 5.41) is 2.40. The summed E-state index contributed by atoms with van der Waals surface area (Å²) < 4.78 is 18.8. The number of nitrogens with one attached hydrogen (secondary N) is 1. The lowest BCUT2D eigenvalue weighted by molar-refractivity contribution is 0.0636. The number of Topliss-reactive ketones (excluding diaryl/α,β-unsaturated/α-hetero) is 1. The molecule has 1 rings (SSSR count). The Bertz CT molecular complexity index is 510. The van der Waals surface area contributed by atoms with Crippen molar-refractivity contribution in [1.82, 2.24) is 0 Å². The zero-order chi connectivity index (χ0) is 15.3. The second-order valence-electron chi connectivity index (χ2n) is 5.28. The number of nitrogens with two attached hydrogens (primary N) is 1. The molecule has 110 valence electrons. The number of hydrogen-bond acceptors (Lipinski definition) is 4. The Morgan fingerprint density at radius 3 is 2.50 bits per heavy atom. The summed E-state index contributed by atoms with van der Waals surface area (Å²) in [6.07, 6.45) is -0.603. The van der Waals surface area contributed by atoms with Crippen molar-refractivity contribution in [2.24, 2.45) is 5.73 Å². The lowest BCUT2D eigenvalue weighted by Gasteiger charge is -2.19. The van der Waals surface area contributed by atoms with Crippen molar-refractivity contribution < 1.29 is 18.7 Å². The van der Waals surface area contributed by atoms with Gasteiger partial charge in [0.25, 0.3) is 0 Å². The summed E-state index contributed by atoms with van der Waals surface area (Å²) in [6.45, 7) is 5.33. The second kappa shape index (κ2) is 6.47. The van der Waals surface area contributed by atoms with Crippen molar-refractivity contribution in [3.8, 4) is 0 Å². The zero-order valence-corrected chi connectivity index (χ0v) is 11.8. The first-order valence-electron chi connectivity index (χ1n) is 6.26. The lowest BCUT2D eigenvalue weighted by atomic mass is 10.1. The van der Waals surface area contributed by atoms with Crippen LogP contribution in [0.3, 0.4) is 0 Å². The summed E-state index contributed by atoms with van der Waals surface area (Å²) in [7, 11) is 0. The molecule has 1 aromatic carbocycles. The lowest BCUT2D eigenvalue weighted by Crippen LogP contribution is -2.27. The number of ketones is 1. The van der Waals surface area contributed by atoms with Gasteiger partial charge in [0.2, 0.25) is 0 Å². The molecule has 0 saturated heterocycles. The van der Waals surface area contributed by atoms with E-state index < -0.39 is 17.5 Å². The predicted molar refractivity (Wildman–Crippen MR) is 74.3 cm³/mol. The van der Waals surface area contributed by atoms with Crippen molar-refractivity contribution in [1.29, 1.82) is 0 Å². The fourth-order valence-electron chi connectivity index (χ4n) is 1.51. The second-order valence-corrected chi connectivity index (χ2v) is 5.28. The van der Waals surface area contributed by atoms with Crippen LogP contribution in [0, 0.1) is 5.82 Å². The maximum Gasteiger partial charge on any atom is 0.412 e. The molecule has 0 unspecified atom stereocenters. The number of amides is 1. The molecule has 0 aliphatic heterocycles. The van der Waals surface area contributed by atoms with Crippen LogP contribution in [0.2, 0.25) is 0 Å². The van der Waals surface area contributed by atoms with Crippen molar-refractivity contribution >= 4 is 17.6 Å². The van der Waals surface area contributed by atoms with Crippen molar-refractivity contribution in [2.45, 2.75) is 32.8 Å². The highest BCUT2D eigenvalue weighted by Gasteiger charge is 2.17. The molecule has 0 saturated carbocycles. The van der Waals surface area contributed by atoms with Crippen LogP contribution < -0.4 is 11.1 Å². The molecule has 0 aromatic heterocycles. The van der Waals surface area contributed by atoms with Gasteiger partial charge in [0.05, 0.1) is 5.56 Å². The van der Waals surface area contributed by atoms with Gasteiger partial charge in [-0.3, -0.25) is 10.1 Å². The van der Waals surface area contributed by atoms with E-state index in [4.69, 9.17) is 10.5 Å². The van der Waals surface area contributed by atoms with E-state index in [0.717, 1.165) is 6.07 Å². The minimum atomic E-state index is -0.697. The molecule has 0 aliphatic rings. The molecule has 0 atom stereocenters. The molecule has 6 heteroatoms. The van der Waals surface area contributed by atoms with Gasteiger partial charge in [-0.2, -0.15) is 0 Å². The maximum atomic E-state index is 13.8. The third-order valence-electron chi connectivity index (χ3n) is 2.29. The standard InChI is InChI=1S/C14H19FN2O3/c1-14(2,3)20-13(19)17-9-4-5-10(11(15)8-9)12(18)6-7-16/h4-5,8H,6-7,16H2,1-3H3,(H,17,19). The fraction of sp³-hybridized carbons (Fsp3) is 0.429. The molecule has 0 aliphatic carbocycles. The number of benzene rings is 1. The Hall–Kier alpha value is -1.95. The molecular weight excluding hydrogens is 263 g/mol. The van der Waals surface area contributed by atoms with Gasteiger partial charge < -0.3 is 10.5 Å². The van der Waals surface area contributed by atoms with Crippen LogP contribution in [-0.4, -0.2) is 24.0 Å². The highest BCUT2D eigenvalue weighted by atomic mass is 19.1. The number of halogens is 1.